The second-order valence-corrected chi connectivity index (χ2v) is 5.85. The van der Waals surface area contributed by atoms with Crippen molar-refractivity contribution in [3.05, 3.63) is 64.1 Å². The summed E-state index contributed by atoms with van der Waals surface area (Å²) in [7, 11) is 0. The Kier molecular flexibility index (Phi) is 4.09. The Morgan fingerprint density at radius 1 is 1.30 bits per heavy atom. The van der Waals surface area contributed by atoms with Crippen molar-refractivity contribution in [2.75, 3.05) is 5.32 Å². The van der Waals surface area contributed by atoms with Crippen molar-refractivity contribution in [3.63, 3.8) is 0 Å². The lowest BCUT2D eigenvalue weighted by molar-refractivity contribution is -0.115. The molecule has 3 rings (SSSR count). The van der Waals surface area contributed by atoms with Crippen LogP contribution in [-0.2, 0) is 11.2 Å². The zero-order valence-electron chi connectivity index (χ0n) is 12.7. The summed E-state index contributed by atoms with van der Waals surface area (Å²) < 4.78 is 19.1. The highest BCUT2D eigenvalue weighted by Crippen LogP contribution is 2.32. The van der Waals surface area contributed by atoms with E-state index in [4.69, 9.17) is 16.0 Å². The van der Waals surface area contributed by atoms with E-state index in [1.54, 1.807) is 18.4 Å². The first-order valence-corrected chi connectivity index (χ1v) is 7.55. The summed E-state index contributed by atoms with van der Waals surface area (Å²) in [5.41, 5.74) is 3.39. The monoisotopic (exact) mass is 331 g/mol. The van der Waals surface area contributed by atoms with Crippen LogP contribution < -0.4 is 5.32 Å². The second-order valence-electron chi connectivity index (χ2n) is 5.47. The number of halogens is 2. The third kappa shape index (κ3) is 2.94. The van der Waals surface area contributed by atoms with E-state index in [2.05, 4.69) is 5.32 Å². The van der Waals surface area contributed by atoms with Gasteiger partial charge in [0.1, 0.15) is 11.4 Å². The first-order valence-electron chi connectivity index (χ1n) is 7.17. The molecule has 0 spiro atoms. The number of anilines is 1. The summed E-state index contributed by atoms with van der Waals surface area (Å²) in [6.45, 7) is 3.80. The average Bonchev–Trinajstić information content (AvgIpc) is 2.90. The van der Waals surface area contributed by atoms with E-state index < -0.39 is 5.82 Å². The molecule has 1 amide bonds. The van der Waals surface area contributed by atoms with Crippen LogP contribution >= 0.6 is 11.6 Å². The molecule has 0 aliphatic carbocycles. The Bertz CT molecular complexity index is 901. The molecule has 3 nitrogen and oxygen atoms in total. The van der Waals surface area contributed by atoms with Crippen LogP contribution in [0.15, 0.2) is 41.0 Å². The minimum Gasteiger partial charge on any atom is -0.464 e. The second kappa shape index (κ2) is 6.05. The molecule has 23 heavy (non-hydrogen) atoms. The van der Waals surface area contributed by atoms with Crippen LogP contribution in [0.2, 0.25) is 5.02 Å². The number of nitrogens with one attached hydrogen (secondary N) is 1. The molecule has 0 radical (unpaired) electrons. The van der Waals surface area contributed by atoms with E-state index >= 15 is 0 Å². The average molecular weight is 332 g/mol. The zero-order chi connectivity index (χ0) is 16.6. The minimum atomic E-state index is -0.465. The summed E-state index contributed by atoms with van der Waals surface area (Å²) in [5, 5.41) is 4.07. The molecule has 2 aromatic carbocycles. The molecular formula is C18H15ClFNO2. The van der Waals surface area contributed by atoms with Gasteiger partial charge in [-0.2, -0.15) is 0 Å². The molecule has 1 N–H and O–H groups in total. The number of aryl methyl sites for hydroxylation is 2. The number of benzene rings is 2. The lowest BCUT2D eigenvalue weighted by Gasteiger charge is -2.07. The van der Waals surface area contributed by atoms with Crippen molar-refractivity contribution in [1.82, 2.24) is 0 Å². The predicted molar refractivity (Wildman–Crippen MR) is 89.4 cm³/mol. The maximum atomic E-state index is 13.6. The van der Waals surface area contributed by atoms with Crippen molar-refractivity contribution in [2.45, 2.75) is 20.3 Å². The highest BCUT2D eigenvalue weighted by Gasteiger charge is 2.16. The SMILES string of the molecule is Cc1cc2occ(CC(=O)Nc3ccccc3F)c2c(C)c1Cl. The molecule has 5 heteroatoms. The lowest BCUT2D eigenvalue weighted by atomic mass is 10.0. The summed E-state index contributed by atoms with van der Waals surface area (Å²) >= 11 is 6.28. The van der Waals surface area contributed by atoms with Gasteiger partial charge < -0.3 is 9.73 Å². The molecular weight excluding hydrogens is 317 g/mol. The molecule has 0 atom stereocenters. The molecule has 0 saturated heterocycles. The van der Waals surface area contributed by atoms with E-state index in [1.807, 2.05) is 19.9 Å². The number of hydrogen-bond donors (Lipinski definition) is 1. The molecule has 0 unspecified atom stereocenters. The van der Waals surface area contributed by atoms with Crippen molar-refractivity contribution in [3.8, 4) is 0 Å². The molecule has 0 bridgehead atoms. The number of amides is 1. The lowest BCUT2D eigenvalue weighted by Crippen LogP contribution is -2.15. The number of fused-ring (bicyclic) bond motifs is 1. The van der Waals surface area contributed by atoms with Crippen molar-refractivity contribution in [2.24, 2.45) is 0 Å². The van der Waals surface area contributed by atoms with Crippen LogP contribution in [0.3, 0.4) is 0 Å². The molecule has 0 saturated carbocycles. The van der Waals surface area contributed by atoms with Gasteiger partial charge in [-0.15, -0.1) is 0 Å². The fraction of sp³-hybridized carbons (Fsp3) is 0.167. The smallest absolute Gasteiger partial charge is 0.229 e. The Labute approximate surface area is 138 Å². The van der Waals surface area contributed by atoms with Crippen LogP contribution in [0.1, 0.15) is 16.7 Å². The largest absolute Gasteiger partial charge is 0.464 e. The highest BCUT2D eigenvalue weighted by molar-refractivity contribution is 6.33. The molecule has 0 aliphatic rings. The van der Waals surface area contributed by atoms with Gasteiger partial charge in [-0.1, -0.05) is 23.7 Å². The van der Waals surface area contributed by atoms with Gasteiger partial charge in [0.25, 0.3) is 0 Å². The fourth-order valence-corrected chi connectivity index (χ4v) is 2.82. The first kappa shape index (κ1) is 15.6. The number of carbonyl (C=O) groups is 1. The molecule has 0 aliphatic heterocycles. The summed E-state index contributed by atoms with van der Waals surface area (Å²) in [4.78, 5) is 12.2. The van der Waals surface area contributed by atoms with E-state index in [-0.39, 0.29) is 18.0 Å². The third-order valence-electron chi connectivity index (χ3n) is 3.79. The van der Waals surface area contributed by atoms with Crippen LogP contribution in [0.25, 0.3) is 11.0 Å². The van der Waals surface area contributed by atoms with Gasteiger partial charge in [0.05, 0.1) is 18.4 Å². The topological polar surface area (TPSA) is 42.2 Å². The molecule has 1 aromatic heterocycles. The van der Waals surface area contributed by atoms with Crippen LogP contribution in [0.4, 0.5) is 10.1 Å². The summed E-state index contributed by atoms with van der Waals surface area (Å²) in [5.74, 6) is -0.776. The van der Waals surface area contributed by atoms with E-state index in [1.165, 1.54) is 12.1 Å². The van der Waals surface area contributed by atoms with Gasteiger partial charge in [-0.25, -0.2) is 4.39 Å². The van der Waals surface area contributed by atoms with Gasteiger partial charge in [-0.05, 0) is 43.2 Å². The molecule has 3 aromatic rings. The zero-order valence-corrected chi connectivity index (χ0v) is 13.5. The first-order chi connectivity index (χ1) is 11.0. The number of furan rings is 1. The van der Waals surface area contributed by atoms with Gasteiger partial charge in [0.2, 0.25) is 5.91 Å². The Morgan fingerprint density at radius 2 is 2.04 bits per heavy atom. The maximum absolute atomic E-state index is 13.6. The Hall–Kier alpha value is -2.33. The fourth-order valence-electron chi connectivity index (χ4n) is 2.67. The van der Waals surface area contributed by atoms with Crippen molar-refractivity contribution >= 4 is 34.2 Å². The molecule has 1 heterocycles. The van der Waals surface area contributed by atoms with Gasteiger partial charge in [0, 0.05) is 16.0 Å². The summed E-state index contributed by atoms with van der Waals surface area (Å²) in [6, 6.07) is 7.91. The number of rotatable bonds is 3. The molecule has 118 valence electrons. The van der Waals surface area contributed by atoms with Gasteiger partial charge in [-0.3, -0.25) is 4.79 Å². The van der Waals surface area contributed by atoms with Crippen LogP contribution in [0, 0.1) is 19.7 Å². The van der Waals surface area contributed by atoms with Gasteiger partial charge >= 0.3 is 0 Å². The Balaban J connectivity index is 1.89. The predicted octanol–water partition coefficient (Wildman–Crippen LogP) is 5.02. The third-order valence-corrected chi connectivity index (χ3v) is 4.37. The summed E-state index contributed by atoms with van der Waals surface area (Å²) in [6.07, 6.45) is 1.63. The molecule has 0 fully saturated rings. The normalized spacial score (nSPS) is 11.0. The highest BCUT2D eigenvalue weighted by atomic mass is 35.5. The Morgan fingerprint density at radius 3 is 2.78 bits per heavy atom. The number of para-hydroxylation sites is 1. The van der Waals surface area contributed by atoms with Crippen LogP contribution in [0.5, 0.6) is 0 Å². The quantitative estimate of drug-likeness (QED) is 0.732. The van der Waals surface area contributed by atoms with E-state index in [9.17, 15) is 9.18 Å². The number of carbonyl (C=O) groups excluding carboxylic acids is 1. The van der Waals surface area contributed by atoms with E-state index in [0.717, 1.165) is 22.1 Å². The van der Waals surface area contributed by atoms with Gasteiger partial charge in [0.15, 0.2) is 0 Å². The number of hydrogen-bond acceptors (Lipinski definition) is 2. The minimum absolute atomic E-state index is 0.0849. The standard InChI is InChI=1S/C18H15ClFNO2/c1-10-7-15-17(11(2)18(10)19)12(9-23-15)8-16(22)21-14-6-4-3-5-13(14)20/h3-7,9H,8H2,1-2H3,(H,21,22). The maximum Gasteiger partial charge on any atom is 0.229 e. The van der Waals surface area contributed by atoms with Crippen molar-refractivity contribution < 1.29 is 13.6 Å². The van der Waals surface area contributed by atoms with Crippen LogP contribution in [-0.4, -0.2) is 5.91 Å². The van der Waals surface area contributed by atoms with Crippen molar-refractivity contribution in [1.29, 1.82) is 0 Å². The van der Waals surface area contributed by atoms with E-state index in [0.29, 0.717) is 10.6 Å².